The van der Waals surface area contributed by atoms with Gasteiger partial charge in [0.15, 0.2) is 4.34 Å². The van der Waals surface area contributed by atoms with Gasteiger partial charge in [-0.25, -0.2) is 4.98 Å². The Morgan fingerprint density at radius 3 is 2.90 bits per heavy atom. The molecule has 2 aromatic rings. The highest BCUT2D eigenvalue weighted by Gasteiger charge is 2.15. The lowest BCUT2D eigenvalue weighted by Gasteiger charge is -2.21. The molecule has 0 aliphatic heterocycles. The van der Waals surface area contributed by atoms with Crippen molar-refractivity contribution < 1.29 is 4.92 Å². The molecule has 0 spiro atoms. The minimum Gasteiger partial charge on any atom is -0.258 e. The van der Waals surface area contributed by atoms with Crippen LogP contribution in [0.4, 0.5) is 5.69 Å². The molecule has 1 heterocycles. The van der Waals surface area contributed by atoms with Crippen molar-refractivity contribution in [2.75, 3.05) is 0 Å². The van der Waals surface area contributed by atoms with Gasteiger partial charge in [0.05, 0.1) is 15.1 Å². The second kappa shape index (κ2) is 6.07. The fraction of sp³-hybridized carbons (Fsp3) is 0.462. The van der Waals surface area contributed by atoms with Gasteiger partial charge in [-0.05, 0) is 30.9 Å². The maximum Gasteiger partial charge on any atom is 0.270 e. The Bertz CT molecular complexity index is 623. The molecule has 1 aliphatic carbocycles. The predicted octanol–water partition coefficient (Wildman–Crippen LogP) is 4.13. The largest absolute Gasteiger partial charge is 0.270 e. The number of nitro groups is 1. The Hall–Kier alpha value is -1.18. The van der Waals surface area contributed by atoms with E-state index in [1.54, 1.807) is 24.1 Å². The molecular formula is C13H15N3O2S2. The van der Waals surface area contributed by atoms with Crippen molar-refractivity contribution in [3.8, 4) is 0 Å². The molecule has 0 radical (unpaired) electrons. The van der Waals surface area contributed by atoms with Crippen LogP contribution in [0, 0.1) is 10.1 Å². The van der Waals surface area contributed by atoms with Gasteiger partial charge in [0.2, 0.25) is 0 Å². The molecule has 0 bridgehead atoms. The number of hydrogen-bond acceptors (Lipinski definition) is 6. The molecule has 1 aromatic carbocycles. The third-order valence-corrected chi connectivity index (χ3v) is 5.51. The second-order valence-electron chi connectivity index (χ2n) is 4.94. The number of nitrogens with one attached hydrogen (secondary N) is 1. The Labute approximate surface area is 125 Å². The van der Waals surface area contributed by atoms with E-state index in [9.17, 15) is 10.1 Å². The van der Waals surface area contributed by atoms with Gasteiger partial charge >= 0.3 is 0 Å². The first-order chi connectivity index (χ1) is 9.72. The van der Waals surface area contributed by atoms with Crippen LogP contribution in [0.3, 0.4) is 0 Å². The summed E-state index contributed by atoms with van der Waals surface area (Å²) < 4.78 is 5.26. The van der Waals surface area contributed by atoms with E-state index in [2.05, 4.69) is 9.71 Å². The van der Waals surface area contributed by atoms with Crippen molar-refractivity contribution in [3.63, 3.8) is 0 Å². The van der Waals surface area contributed by atoms with Crippen LogP contribution in [0.15, 0.2) is 22.5 Å². The minimum absolute atomic E-state index is 0.123. The molecule has 1 N–H and O–H groups in total. The van der Waals surface area contributed by atoms with Crippen LogP contribution in [0.2, 0.25) is 0 Å². The first-order valence-electron chi connectivity index (χ1n) is 6.70. The van der Waals surface area contributed by atoms with Crippen molar-refractivity contribution in [3.05, 3.63) is 28.3 Å². The number of rotatable bonds is 4. The normalized spacial score (nSPS) is 16.6. The average Bonchev–Trinajstić information content (AvgIpc) is 2.88. The summed E-state index contributed by atoms with van der Waals surface area (Å²) in [6.07, 6.45) is 6.38. The highest BCUT2D eigenvalue weighted by Crippen LogP contribution is 2.31. The number of thiazole rings is 1. The van der Waals surface area contributed by atoms with Gasteiger partial charge in [-0.2, -0.15) is 0 Å². The number of fused-ring (bicyclic) bond motifs is 1. The van der Waals surface area contributed by atoms with E-state index in [0.717, 1.165) is 14.6 Å². The standard InChI is InChI=1S/C13H15N3O2S2/c17-16(18)10-6-7-11-12(8-10)19-13(14-11)20-15-9-4-2-1-3-5-9/h6-9,15H,1-5H2. The molecule has 3 rings (SSSR count). The van der Waals surface area contributed by atoms with Crippen molar-refractivity contribution in [1.82, 2.24) is 9.71 Å². The Kier molecular flexibility index (Phi) is 4.18. The summed E-state index contributed by atoms with van der Waals surface area (Å²) in [5.41, 5.74) is 0.950. The molecule has 106 valence electrons. The van der Waals surface area contributed by atoms with E-state index < -0.39 is 0 Å². The molecule has 0 amide bonds. The third kappa shape index (κ3) is 3.11. The van der Waals surface area contributed by atoms with Gasteiger partial charge in [0.25, 0.3) is 5.69 Å². The van der Waals surface area contributed by atoms with E-state index in [0.29, 0.717) is 6.04 Å². The van der Waals surface area contributed by atoms with Crippen LogP contribution < -0.4 is 4.72 Å². The molecule has 0 unspecified atom stereocenters. The van der Waals surface area contributed by atoms with Crippen molar-refractivity contribution in [2.24, 2.45) is 0 Å². The molecule has 1 aromatic heterocycles. The number of non-ortho nitro benzene ring substituents is 1. The van der Waals surface area contributed by atoms with Crippen molar-refractivity contribution in [2.45, 2.75) is 42.5 Å². The van der Waals surface area contributed by atoms with Crippen molar-refractivity contribution >= 4 is 39.2 Å². The SMILES string of the molecule is O=[N+]([O-])c1ccc2nc(SNC3CCCCC3)sc2c1. The van der Waals surface area contributed by atoms with Crippen LogP contribution >= 0.6 is 23.3 Å². The van der Waals surface area contributed by atoms with Crippen LogP contribution in [-0.2, 0) is 0 Å². The van der Waals surface area contributed by atoms with Crippen LogP contribution in [-0.4, -0.2) is 15.9 Å². The lowest BCUT2D eigenvalue weighted by Crippen LogP contribution is -2.25. The quantitative estimate of drug-likeness (QED) is 0.522. The van der Waals surface area contributed by atoms with Gasteiger partial charge in [-0.3, -0.25) is 14.8 Å². The smallest absolute Gasteiger partial charge is 0.258 e. The molecule has 1 saturated carbocycles. The van der Waals surface area contributed by atoms with Gasteiger partial charge in [0.1, 0.15) is 0 Å². The lowest BCUT2D eigenvalue weighted by molar-refractivity contribution is -0.384. The third-order valence-electron chi connectivity index (χ3n) is 3.48. The molecule has 1 fully saturated rings. The summed E-state index contributed by atoms with van der Waals surface area (Å²) in [7, 11) is 0. The predicted molar refractivity (Wildman–Crippen MR) is 82.1 cm³/mol. The monoisotopic (exact) mass is 309 g/mol. The summed E-state index contributed by atoms with van der Waals surface area (Å²) in [4.78, 5) is 14.9. The fourth-order valence-corrected chi connectivity index (χ4v) is 4.36. The van der Waals surface area contributed by atoms with Gasteiger partial charge < -0.3 is 0 Å². The lowest BCUT2D eigenvalue weighted by atomic mass is 9.96. The number of nitro benzene ring substituents is 1. The van der Waals surface area contributed by atoms with Gasteiger partial charge in [0, 0.05) is 18.2 Å². The topological polar surface area (TPSA) is 68.1 Å². The summed E-state index contributed by atoms with van der Waals surface area (Å²) >= 11 is 3.06. The number of hydrogen-bond donors (Lipinski definition) is 1. The van der Waals surface area contributed by atoms with E-state index in [4.69, 9.17) is 0 Å². The zero-order chi connectivity index (χ0) is 13.9. The Balaban J connectivity index is 1.70. The molecule has 5 nitrogen and oxygen atoms in total. The second-order valence-corrected chi connectivity index (χ2v) is 7.06. The number of nitrogens with zero attached hydrogens (tertiary/aromatic N) is 2. The maximum absolute atomic E-state index is 10.8. The summed E-state index contributed by atoms with van der Waals surface area (Å²) in [6, 6.07) is 5.38. The van der Waals surface area contributed by atoms with Crippen LogP contribution in [0.1, 0.15) is 32.1 Å². The minimum atomic E-state index is -0.369. The molecule has 0 saturated heterocycles. The van der Waals surface area contributed by atoms with E-state index in [-0.39, 0.29) is 10.6 Å². The highest BCUT2D eigenvalue weighted by molar-refractivity contribution is 7.99. The average molecular weight is 309 g/mol. The van der Waals surface area contributed by atoms with E-state index in [1.165, 1.54) is 49.5 Å². The van der Waals surface area contributed by atoms with E-state index >= 15 is 0 Å². The van der Waals surface area contributed by atoms with Crippen molar-refractivity contribution in [1.29, 1.82) is 0 Å². The molecule has 7 heteroatoms. The summed E-state index contributed by atoms with van der Waals surface area (Å²) in [5, 5.41) is 10.8. The molecule has 0 atom stereocenters. The summed E-state index contributed by atoms with van der Waals surface area (Å²) in [6.45, 7) is 0. The van der Waals surface area contributed by atoms with E-state index in [1.807, 2.05) is 0 Å². The Morgan fingerprint density at radius 1 is 1.35 bits per heavy atom. The molecular weight excluding hydrogens is 294 g/mol. The van der Waals surface area contributed by atoms with Crippen LogP contribution in [0.25, 0.3) is 10.2 Å². The maximum atomic E-state index is 10.8. The Morgan fingerprint density at radius 2 is 2.15 bits per heavy atom. The fourth-order valence-electron chi connectivity index (χ4n) is 2.40. The zero-order valence-corrected chi connectivity index (χ0v) is 12.5. The van der Waals surface area contributed by atoms with Gasteiger partial charge in [-0.1, -0.05) is 19.3 Å². The zero-order valence-electron chi connectivity index (χ0n) is 10.9. The van der Waals surface area contributed by atoms with Gasteiger partial charge in [-0.15, -0.1) is 11.3 Å². The molecule has 20 heavy (non-hydrogen) atoms. The molecule has 1 aliphatic rings. The first-order valence-corrected chi connectivity index (χ1v) is 8.33. The van der Waals surface area contributed by atoms with Crippen LogP contribution in [0.5, 0.6) is 0 Å². The highest BCUT2D eigenvalue weighted by atomic mass is 32.2. The number of aromatic nitrogens is 1. The number of benzene rings is 1. The first kappa shape index (κ1) is 13.8. The summed E-state index contributed by atoms with van der Waals surface area (Å²) in [5.74, 6) is 0.